The van der Waals surface area contributed by atoms with Gasteiger partial charge in [-0.2, -0.15) is 0 Å². The quantitative estimate of drug-likeness (QED) is 0.0189. The van der Waals surface area contributed by atoms with Crippen LogP contribution >= 0.6 is 0 Å². The van der Waals surface area contributed by atoms with Crippen molar-refractivity contribution in [3.05, 3.63) is 64.2 Å². The summed E-state index contributed by atoms with van der Waals surface area (Å²) in [5, 5.41) is 21.4. The van der Waals surface area contributed by atoms with Crippen LogP contribution in [-0.4, -0.2) is 120 Å². The molecule has 0 aliphatic carbocycles. The number of benzene rings is 2. The molecule has 0 spiro atoms. The molecule has 59 heavy (non-hydrogen) atoms. The number of carbonyl (C=O) groups excluding carboxylic acids is 5. The molecule has 2 aromatic carbocycles. The number of amides is 5. The average molecular weight is 831 g/mol. The second kappa shape index (κ2) is 29.4. The van der Waals surface area contributed by atoms with Gasteiger partial charge in [0.25, 0.3) is 5.69 Å². The lowest BCUT2D eigenvalue weighted by atomic mass is 10.0. The second-order valence-corrected chi connectivity index (χ2v) is 12.8. The standard InChI is InChI=1S/C39H54N6O14/c1-4-17-53-19-21-55-23-25-57-26-24-56-22-20-54-18-15-34(46)44-35(28(2)3)37(48)43-33(6-5-16-41-38(40)49)36(47)42-30-9-7-29(8-10-30)27-58-39(50)59-32-13-11-31(12-14-32)45(51)52/h1,7-14,28,33,35H,5-6,15-27H2,2-3H3,(H,42,47)(H,43,48)(H,44,46)(H3,40,41,49)/t33-,35-/m0/s1. The van der Waals surface area contributed by atoms with Crippen LogP contribution in [0, 0.1) is 28.4 Å². The predicted molar refractivity (Wildman–Crippen MR) is 212 cm³/mol. The lowest BCUT2D eigenvalue weighted by molar-refractivity contribution is -0.384. The Morgan fingerprint density at radius 3 is 1.92 bits per heavy atom. The van der Waals surface area contributed by atoms with Crippen LogP contribution in [0.4, 0.5) is 21.0 Å². The van der Waals surface area contributed by atoms with Gasteiger partial charge in [0.05, 0.1) is 64.4 Å². The fourth-order valence-corrected chi connectivity index (χ4v) is 4.82. The molecule has 2 atom stereocenters. The molecule has 0 heterocycles. The van der Waals surface area contributed by atoms with Crippen molar-refractivity contribution < 1.29 is 62.1 Å². The fourth-order valence-electron chi connectivity index (χ4n) is 4.82. The summed E-state index contributed by atoms with van der Waals surface area (Å²) >= 11 is 0. The van der Waals surface area contributed by atoms with Crippen LogP contribution in [0.15, 0.2) is 48.5 Å². The third kappa shape index (κ3) is 22.6. The third-order valence-electron chi connectivity index (χ3n) is 7.84. The van der Waals surface area contributed by atoms with Gasteiger partial charge in [0.15, 0.2) is 0 Å². The molecule has 0 aliphatic rings. The molecule has 2 aromatic rings. The van der Waals surface area contributed by atoms with Gasteiger partial charge in [-0.05, 0) is 48.6 Å². The maximum absolute atomic E-state index is 13.4. The normalized spacial score (nSPS) is 11.8. The van der Waals surface area contributed by atoms with E-state index in [-0.39, 0.29) is 63.2 Å². The molecular weight excluding hydrogens is 776 g/mol. The number of anilines is 1. The summed E-state index contributed by atoms with van der Waals surface area (Å²) in [6.45, 7) is 6.80. The number of nitro groups is 1. The van der Waals surface area contributed by atoms with Crippen LogP contribution < -0.4 is 31.7 Å². The van der Waals surface area contributed by atoms with Crippen LogP contribution in [0.2, 0.25) is 0 Å². The van der Waals surface area contributed by atoms with E-state index in [1.807, 2.05) is 0 Å². The number of carbonyl (C=O) groups is 5. The van der Waals surface area contributed by atoms with Gasteiger partial charge in [0.1, 0.15) is 31.0 Å². The van der Waals surface area contributed by atoms with Gasteiger partial charge in [0.2, 0.25) is 17.7 Å². The molecule has 324 valence electrons. The minimum Gasteiger partial charge on any atom is -0.429 e. The van der Waals surface area contributed by atoms with Crippen LogP contribution in [0.25, 0.3) is 0 Å². The number of rotatable bonds is 30. The van der Waals surface area contributed by atoms with Crippen molar-refractivity contribution in [2.24, 2.45) is 11.7 Å². The molecule has 0 aliphatic heterocycles. The Hall–Kier alpha value is -5.85. The lowest BCUT2D eigenvalue weighted by Gasteiger charge is -2.25. The smallest absolute Gasteiger partial charge is 0.429 e. The van der Waals surface area contributed by atoms with Gasteiger partial charge in [-0.3, -0.25) is 24.5 Å². The van der Waals surface area contributed by atoms with E-state index in [0.29, 0.717) is 63.9 Å². The van der Waals surface area contributed by atoms with Gasteiger partial charge in [0, 0.05) is 30.8 Å². The highest BCUT2D eigenvalue weighted by molar-refractivity contribution is 5.98. The molecule has 20 heteroatoms. The Balaban J connectivity index is 1.79. The number of nitrogens with one attached hydrogen (secondary N) is 4. The Kier molecular flexibility index (Phi) is 24.5. The van der Waals surface area contributed by atoms with Gasteiger partial charge in [-0.25, -0.2) is 9.59 Å². The second-order valence-electron chi connectivity index (χ2n) is 12.8. The molecule has 0 saturated carbocycles. The monoisotopic (exact) mass is 830 g/mol. The molecule has 0 bridgehead atoms. The first-order valence-electron chi connectivity index (χ1n) is 18.8. The summed E-state index contributed by atoms with van der Waals surface area (Å²) < 4.78 is 36.9. The summed E-state index contributed by atoms with van der Waals surface area (Å²) in [5.74, 6) is 0.534. The number of ether oxygens (including phenoxy) is 7. The molecule has 0 fully saturated rings. The van der Waals surface area contributed by atoms with E-state index < -0.39 is 46.9 Å². The first kappa shape index (κ1) is 49.3. The maximum Gasteiger partial charge on any atom is 0.514 e. The predicted octanol–water partition coefficient (Wildman–Crippen LogP) is 2.43. The number of nitro benzene ring substituents is 1. The number of hydrogen-bond donors (Lipinski definition) is 5. The summed E-state index contributed by atoms with van der Waals surface area (Å²) in [5.41, 5.74) is 5.92. The minimum atomic E-state index is -1.06. The van der Waals surface area contributed by atoms with Crippen molar-refractivity contribution in [3.63, 3.8) is 0 Å². The van der Waals surface area contributed by atoms with E-state index >= 15 is 0 Å². The number of terminal acetylenes is 1. The molecule has 5 amide bonds. The Bertz CT molecular complexity index is 1640. The first-order valence-corrected chi connectivity index (χ1v) is 18.8. The van der Waals surface area contributed by atoms with E-state index in [2.05, 4.69) is 27.2 Å². The largest absolute Gasteiger partial charge is 0.514 e. The molecule has 0 aromatic heterocycles. The fraction of sp³-hybridized carbons (Fsp3) is 0.513. The Labute approximate surface area is 342 Å². The number of non-ortho nitro benzene ring substituents is 1. The zero-order valence-corrected chi connectivity index (χ0v) is 33.3. The van der Waals surface area contributed by atoms with E-state index in [1.54, 1.807) is 38.1 Å². The van der Waals surface area contributed by atoms with Gasteiger partial charge in [-0.1, -0.05) is 31.9 Å². The lowest BCUT2D eigenvalue weighted by Crippen LogP contribution is -2.54. The summed E-state index contributed by atoms with van der Waals surface area (Å²) in [6, 6.07) is 8.45. The zero-order valence-electron chi connectivity index (χ0n) is 33.3. The van der Waals surface area contributed by atoms with Crippen LogP contribution in [0.5, 0.6) is 5.75 Å². The van der Waals surface area contributed by atoms with Crippen molar-refractivity contribution >= 4 is 41.3 Å². The highest BCUT2D eigenvalue weighted by atomic mass is 16.7. The van der Waals surface area contributed by atoms with Crippen molar-refractivity contribution in [1.82, 2.24) is 16.0 Å². The van der Waals surface area contributed by atoms with Gasteiger partial charge < -0.3 is 60.2 Å². The number of urea groups is 1. The maximum atomic E-state index is 13.4. The van der Waals surface area contributed by atoms with E-state index in [9.17, 15) is 34.1 Å². The van der Waals surface area contributed by atoms with E-state index in [1.165, 1.54) is 24.3 Å². The number of nitrogens with two attached hydrogens (primary N) is 1. The molecule has 0 radical (unpaired) electrons. The highest BCUT2D eigenvalue weighted by Crippen LogP contribution is 2.18. The Morgan fingerprint density at radius 1 is 0.797 bits per heavy atom. The van der Waals surface area contributed by atoms with E-state index in [0.717, 1.165) is 0 Å². The molecule has 0 unspecified atom stereocenters. The van der Waals surface area contributed by atoms with Crippen molar-refractivity contribution in [3.8, 4) is 18.1 Å². The van der Waals surface area contributed by atoms with Gasteiger partial charge >= 0.3 is 12.2 Å². The number of primary amides is 1. The average Bonchev–Trinajstić information content (AvgIpc) is 3.20. The summed E-state index contributed by atoms with van der Waals surface area (Å²) in [6.07, 6.45) is 4.47. The Morgan fingerprint density at radius 2 is 1.37 bits per heavy atom. The zero-order chi connectivity index (χ0) is 43.3. The SMILES string of the molecule is C#CCOCCOCCOCCOCCOCCC(=O)N[C@H](C(=O)N[C@@H](CCCNC(N)=O)C(=O)Nc1ccc(COC(=O)Oc2ccc([N+](=O)[O-])cc2)cc1)C(C)C. The minimum absolute atomic E-state index is 0.0158. The molecule has 20 nitrogen and oxygen atoms in total. The molecule has 6 N–H and O–H groups in total. The number of hydrogen-bond acceptors (Lipinski definition) is 14. The van der Waals surface area contributed by atoms with Crippen molar-refractivity contribution in [2.45, 2.75) is 51.8 Å². The van der Waals surface area contributed by atoms with Crippen LogP contribution in [0.1, 0.15) is 38.7 Å². The molecule has 2 rings (SSSR count). The topological polar surface area (TPSA) is 267 Å². The van der Waals surface area contributed by atoms with Crippen molar-refractivity contribution in [1.29, 1.82) is 0 Å². The number of nitrogens with zero attached hydrogens (tertiary/aromatic N) is 1. The molecule has 0 saturated heterocycles. The highest BCUT2D eigenvalue weighted by Gasteiger charge is 2.29. The summed E-state index contributed by atoms with van der Waals surface area (Å²) in [7, 11) is 0. The summed E-state index contributed by atoms with van der Waals surface area (Å²) in [4.78, 5) is 73.0. The van der Waals surface area contributed by atoms with Gasteiger partial charge in [-0.15, -0.1) is 6.42 Å². The van der Waals surface area contributed by atoms with Crippen LogP contribution in [-0.2, 0) is 49.4 Å². The first-order chi connectivity index (χ1) is 28.4. The van der Waals surface area contributed by atoms with Crippen molar-refractivity contribution in [2.75, 3.05) is 77.9 Å². The van der Waals surface area contributed by atoms with Crippen LogP contribution in [0.3, 0.4) is 0 Å². The third-order valence-corrected chi connectivity index (χ3v) is 7.84. The van der Waals surface area contributed by atoms with E-state index in [4.69, 9.17) is 45.3 Å². The molecular formula is C39H54N6O14.